The molecule has 1 fully saturated rings. The van der Waals surface area contributed by atoms with Gasteiger partial charge in [0, 0.05) is 13.7 Å². The lowest BCUT2D eigenvalue weighted by Crippen LogP contribution is -2.70. The summed E-state index contributed by atoms with van der Waals surface area (Å²) in [4.78, 5) is 26.7. The lowest BCUT2D eigenvalue weighted by Gasteiger charge is -2.46. The highest BCUT2D eigenvalue weighted by Crippen LogP contribution is 2.26. The van der Waals surface area contributed by atoms with Crippen LogP contribution in [0.25, 0.3) is 0 Å². The van der Waals surface area contributed by atoms with Crippen molar-refractivity contribution >= 4 is 11.8 Å². The van der Waals surface area contributed by atoms with E-state index in [1.165, 1.54) is 0 Å². The molecule has 2 amide bonds. The van der Waals surface area contributed by atoms with Crippen molar-refractivity contribution in [3.05, 3.63) is 0 Å². The maximum absolute atomic E-state index is 12.7. The maximum Gasteiger partial charge on any atom is 0.249 e. The van der Waals surface area contributed by atoms with E-state index >= 15 is 0 Å². The fraction of sp³-hybridized carbons (Fsp3) is 0.857. The average molecular weight is 270 g/mol. The molecule has 0 bridgehead atoms. The second kappa shape index (κ2) is 6.37. The molecular weight excluding hydrogens is 244 g/mol. The molecule has 1 saturated heterocycles. The van der Waals surface area contributed by atoms with Gasteiger partial charge in [0.2, 0.25) is 11.8 Å². The van der Waals surface area contributed by atoms with Gasteiger partial charge in [-0.3, -0.25) is 9.59 Å². The number of piperazine rings is 1. The molecule has 0 saturated carbocycles. The van der Waals surface area contributed by atoms with Crippen molar-refractivity contribution in [1.82, 2.24) is 10.2 Å². The molecule has 5 nitrogen and oxygen atoms in total. The van der Waals surface area contributed by atoms with E-state index in [0.717, 1.165) is 0 Å². The van der Waals surface area contributed by atoms with Crippen LogP contribution in [0.4, 0.5) is 0 Å². The molecule has 1 aliphatic heterocycles. The molecule has 1 rings (SSSR count). The van der Waals surface area contributed by atoms with E-state index in [9.17, 15) is 9.59 Å². The molecule has 0 aromatic heterocycles. The molecule has 110 valence electrons. The summed E-state index contributed by atoms with van der Waals surface area (Å²) in [6.45, 7) is 8.17. The SMILES string of the molecule is CCC1C(=O)NC(CC)(CC)C(=O)N1CC(C)OC. The standard InChI is InChI=1S/C14H26N2O3/c1-6-11-12(17)15-14(7-2,8-3)13(18)16(11)9-10(4)19-5/h10-11H,6-9H2,1-5H3,(H,15,17). The largest absolute Gasteiger partial charge is 0.380 e. The Morgan fingerprint density at radius 3 is 2.32 bits per heavy atom. The van der Waals surface area contributed by atoms with E-state index in [0.29, 0.717) is 25.8 Å². The Morgan fingerprint density at radius 1 is 1.32 bits per heavy atom. The van der Waals surface area contributed by atoms with Crippen molar-refractivity contribution in [2.45, 2.75) is 64.6 Å². The number of nitrogens with zero attached hydrogens (tertiary/aromatic N) is 1. The topological polar surface area (TPSA) is 58.6 Å². The summed E-state index contributed by atoms with van der Waals surface area (Å²) < 4.78 is 5.24. The van der Waals surface area contributed by atoms with Gasteiger partial charge in [0.05, 0.1) is 6.10 Å². The Morgan fingerprint density at radius 2 is 1.89 bits per heavy atom. The fourth-order valence-electron chi connectivity index (χ4n) is 2.63. The van der Waals surface area contributed by atoms with Crippen LogP contribution in [0.15, 0.2) is 0 Å². The quantitative estimate of drug-likeness (QED) is 0.792. The summed E-state index contributed by atoms with van der Waals surface area (Å²) in [5, 5.41) is 2.93. The van der Waals surface area contributed by atoms with Crippen molar-refractivity contribution in [2.75, 3.05) is 13.7 Å². The van der Waals surface area contributed by atoms with Gasteiger partial charge in [-0.05, 0) is 26.2 Å². The van der Waals surface area contributed by atoms with Crippen LogP contribution < -0.4 is 5.32 Å². The number of rotatable bonds is 6. The van der Waals surface area contributed by atoms with Crippen molar-refractivity contribution in [2.24, 2.45) is 0 Å². The molecule has 0 radical (unpaired) electrons. The van der Waals surface area contributed by atoms with Gasteiger partial charge in [0.1, 0.15) is 11.6 Å². The summed E-state index contributed by atoms with van der Waals surface area (Å²) in [5.74, 6) is -0.0260. The molecule has 2 unspecified atom stereocenters. The van der Waals surface area contributed by atoms with Gasteiger partial charge in [-0.2, -0.15) is 0 Å². The third-order valence-corrected chi connectivity index (χ3v) is 4.16. The number of carbonyl (C=O) groups is 2. The molecule has 0 spiro atoms. The van der Waals surface area contributed by atoms with Crippen LogP contribution in [0.1, 0.15) is 47.0 Å². The van der Waals surface area contributed by atoms with Crippen LogP contribution in [-0.2, 0) is 14.3 Å². The number of nitrogens with one attached hydrogen (secondary N) is 1. The number of hydrogen-bond acceptors (Lipinski definition) is 3. The number of methoxy groups -OCH3 is 1. The van der Waals surface area contributed by atoms with E-state index in [4.69, 9.17) is 4.74 Å². The highest BCUT2D eigenvalue weighted by Gasteiger charge is 2.48. The summed E-state index contributed by atoms with van der Waals surface area (Å²) in [6.07, 6.45) is 1.78. The van der Waals surface area contributed by atoms with E-state index < -0.39 is 5.54 Å². The van der Waals surface area contributed by atoms with Crippen molar-refractivity contribution < 1.29 is 14.3 Å². The minimum Gasteiger partial charge on any atom is -0.380 e. The van der Waals surface area contributed by atoms with Gasteiger partial charge in [0.25, 0.3) is 0 Å². The molecule has 2 atom stereocenters. The lowest BCUT2D eigenvalue weighted by atomic mass is 9.86. The van der Waals surface area contributed by atoms with Gasteiger partial charge >= 0.3 is 0 Å². The lowest BCUT2D eigenvalue weighted by molar-refractivity contribution is -0.157. The van der Waals surface area contributed by atoms with Gasteiger partial charge < -0.3 is 15.0 Å². The van der Waals surface area contributed by atoms with E-state index in [1.54, 1.807) is 12.0 Å². The molecule has 0 aromatic carbocycles. The fourth-order valence-corrected chi connectivity index (χ4v) is 2.63. The number of ether oxygens (including phenoxy) is 1. The first-order chi connectivity index (χ1) is 8.95. The summed E-state index contributed by atoms with van der Waals surface area (Å²) >= 11 is 0. The first-order valence-corrected chi connectivity index (χ1v) is 7.11. The van der Waals surface area contributed by atoms with Crippen LogP contribution in [-0.4, -0.2) is 48.1 Å². The maximum atomic E-state index is 12.7. The van der Waals surface area contributed by atoms with Crippen LogP contribution in [0, 0.1) is 0 Å². The molecule has 1 N–H and O–H groups in total. The zero-order valence-corrected chi connectivity index (χ0v) is 12.7. The second-order valence-corrected chi connectivity index (χ2v) is 5.21. The zero-order valence-electron chi connectivity index (χ0n) is 12.7. The highest BCUT2D eigenvalue weighted by molar-refractivity contribution is 5.99. The Balaban J connectivity index is 3.05. The first kappa shape index (κ1) is 16.0. The number of hydrogen-bond donors (Lipinski definition) is 1. The molecule has 1 heterocycles. The average Bonchev–Trinajstić information content (AvgIpc) is 2.42. The molecule has 19 heavy (non-hydrogen) atoms. The van der Waals surface area contributed by atoms with Gasteiger partial charge in [-0.1, -0.05) is 20.8 Å². The van der Waals surface area contributed by atoms with Crippen molar-refractivity contribution in [3.63, 3.8) is 0 Å². The van der Waals surface area contributed by atoms with Crippen LogP contribution in [0.3, 0.4) is 0 Å². The Labute approximate surface area is 115 Å². The minimum atomic E-state index is -0.740. The van der Waals surface area contributed by atoms with Crippen molar-refractivity contribution in [1.29, 1.82) is 0 Å². The van der Waals surface area contributed by atoms with E-state index in [2.05, 4.69) is 5.32 Å². The molecule has 1 aliphatic rings. The Kier molecular flexibility index (Phi) is 5.35. The second-order valence-electron chi connectivity index (χ2n) is 5.21. The smallest absolute Gasteiger partial charge is 0.249 e. The van der Waals surface area contributed by atoms with Gasteiger partial charge in [-0.25, -0.2) is 0 Å². The molecule has 0 aromatic rings. The summed E-state index contributed by atoms with van der Waals surface area (Å²) in [6, 6.07) is -0.378. The predicted molar refractivity (Wildman–Crippen MR) is 73.7 cm³/mol. The van der Waals surface area contributed by atoms with Gasteiger partial charge in [-0.15, -0.1) is 0 Å². The van der Waals surface area contributed by atoms with Crippen LogP contribution in [0.2, 0.25) is 0 Å². The van der Waals surface area contributed by atoms with Gasteiger partial charge in [0.15, 0.2) is 0 Å². The monoisotopic (exact) mass is 270 g/mol. The number of amides is 2. The molecular formula is C14H26N2O3. The molecule has 5 heteroatoms. The zero-order chi connectivity index (χ0) is 14.6. The third kappa shape index (κ3) is 2.91. The van der Waals surface area contributed by atoms with E-state index in [-0.39, 0.29) is 24.0 Å². The van der Waals surface area contributed by atoms with E-state index in [1.807, 2.05) is 27.7 Å². The number of carbonyl (C=O) groups excluding carboxylic acids is 2. The normalized spacial score (nSPS) is 24.3. The Hall–Kier alpha value is -1.10. The third-order valence-electron chi connectivity index (χ3n) is 4.16. The predicted octanol–water partition coefficient (Wildman–Crippen LogP) is 1.32. The summed E-state index contributed by atoms with van der Waals surface area (Å²) in [5.41, 5.74) is -0.740. The van der Waals surface area contributed by atoms with Crippen LogP contribution in [0.5, 0.6) is 0 Å². The Bertz CT molecular complexity index is 340. The first-order valence-electron chi connectivity index (χ1n) is 7.11. The minimum absolute atomic E-state index is 0.0212. The molecule has 0 aliphatic carbocycles. The summed E-state index contributed by atoms with van der Waals surface area (Å²) in [7, 11) is 1.62. The highest BCUT2D eigenvalue weighted by atomic mass is 16.5. The van der Waals surface area contributed by atoms with Crippen LogP contribution >= 0.6 is 0 Å². The van der Waals surface area contributed by atoms with Crippen molar-refractivity contribution in [3.8, 4) is 0 Å².